The van der Waals surface area contributed by atoms with Crippen molar-refractivity contribution in [2.24, 2.45) is 0 Å². The molecule has 1 aliphatic heterocycles. The van der Waals surface area contributed by atoms with Crippen LogP contribution in [0.2, 0.25) is 5.02 Å². The molecule has 2 heterocycles. The minimum absolute atomic E-state index is 0.233. The Morgan fingerprint density at radius 3 is 2.79 bits per heavy atom. The molecule has 1 aromatic carbocycles. The molecule has 0 spiro atoms. The smallest absolute Gasteiger partial charge is 0.276 e. The van der Waals surface area contributed by atoms with E-state index in [4.69, 9.17) is 11.6 Å². The third-order valence-electron chi connectivity index (χ3n) is 2.96. The second kappa shape index (κ2) is 4.64. The van der Waals surface area contributed by atoms with Gasteiger partial charge in [0, 0.05) is 13.1 Å². The lowest BCUT2D eigenvalue weighted by molar-refractivity contribution is 0.00549. The number of amides is 1. The number of carbonyl (C=O) groups is 1. The first-order valence-corrected chi connectivity index (χ1v) is 6.17. The monoisotopic (exact) mass is 278 g/mol. The van der Waals surface area contributed by atoms with Crippen molar-refractivity contribution < 1.29 is 9.90 Å². The Morgan fingerprint density at radius 2 is 2.11 bits per heavy atom. The highest BCUT2D eigenvalue weighted by Gasteiger charge is 2.31. The summed E-state index contributed by atoms with van der Waals surface area (Å²) in [6.07, 6.45) is 1.11. The lowest BCUT2D eigenvalue weighted by Crippen LogP contribution is -2.53. The van der Waals surface area contributed by atoms with Crippen LogP contribution in [-0.4, -0.2) is 50.1 Å². The van der Waals surface area contributed by atoms with E-state index in [1.807, 2.05) is 12.1 Å². The Hall–Kier alpha value is -1.92. The maximum Gasteiger partial charge on any atom is 0.276 e. The summed E-state index contributed by atoms with van der Waals surface area (Å²) >= 11 is 6.05. The zero-order valence-corrected chi connectivity index (χ0v) is 10.7. The van der Waals surface area contributed by atoms with E-state index in [0.717, 1.165) is 0 Å². The summed E-state index contributed by atoms with van der Waals surface area (Å²) in [4.78, 5) is 13.5. The molecule has 0 aliphatic carbocycles. The number of carbonyl (C=O) groups excluding carboxylic acids is 1. The van der Waals surface area contributed by atoms with E-state index in [1.54, 1.807) is 12.1 Å². The molecular weight excluding hydrogens is 268 g/mol. The average molecular weight is 279 g/mol. The summed E-state index contributed by atoms with van der Waals surface area (Å²) in [5.41, 5.74) is 0.909. The first-order chi connectivity index (χ1) is 9.15. The van der Waals surface area contributed by atoms with Gasteiger partial charge in [0.1, 0.15) is 0 Å². The van der Waals surface area contributed by atoms with Gasteiger partial charge in [-0.1, -0.05) is 28.9 Å². The topological polar surface area (TPSA) is 71.2 Å². The lowest BCUT2D eigenvalue weighted by Gasteiger charge is -2.35. The van der Waals surface area contributed by atoms with Crippen molar-refractivity contribution in [2.75, 3.05) is 13.1 Å². The van der Waals surface area contributed by atoms with E-state index >= 15 is 0 Å². The standard InChI is InChI=1S/C12H11ClN4O2/c13-9-3-1-2-4-11(9)17-7-10(14-15-17)12(19)16-5-8(18)6-16/h1-4,7-8,18H,5-6H2. The average Bonchev–Trinajstić information content (AvgIpc) is 2.84. The van der Waals surface area contributed by atoms with Gasteiger partial charge in [-0.15, -0.1) is 5.10 Å². The molecule has 19 heavy (non-hydrogen) atoms. The van der Waals surface area contributed by atoms with Crippen LogP contribution >= 0.6 is 11.6 Å². The minimum atomic E-state index is -0.428. The van der Waals surface area contributed by atoms with Crippen molar-refractivity contribution in [3.63, 3.8) is 0 Å². The maximum absolute atomic E-state index is 12.0. The molecular formula is C12H11ClN4O2. The van der Waals surface area contributed by atoms with E-state index in [0.29, 0.717) is 23.8 Å². The van der Waals surface area contributed by atoms with Crippen molar-refractivity contribution in [3.8, 4) is 5.69 Å². The molecule has 0 bridgehead atoms. The van der Waals surface area contributed by atoms with Crippen LogP contribution in [-0.2, 0) is 0 Å². The van der Waals surface area contributed by atoms with Gasteiger partial charge in [0.25, 0.3) is 5.91 Å². The largest absolute Gasteiger partial charge is 0.389 e. The first kappa shape index (κ1) is 12.1. The quantitative estimate of drug-likeness (QED) is 0.879. The fourth-order valence-corrected chi connectivity index (χ4v) is 2.12. The molecule has 0 unspecified atom stereocenters. The molecule has 98 valence electrons. The summed E-state index contributed by atoms with van der Waals surface area (Å²) in [6, 6.07) is 7.18. The summed E-state index contributed by atoms with van der Waals surface area (Å²) < 4.78 is 1.46. The number of β-amino-alcohol motifs (C(OH)–C–C–N with tert-alkyl or cyclic N) is 1. The van der Waals surface area contributed by atoms with Gasteiger partial charge in [0.2, 0.25) is 0 Å². The van der Waals surface area contributed by atoms with Gasteiger partial charge in [-0.25, -0.2) is 4.68 Å². The number of para-hydroxylation sites is 1. The molecule has 3 rings (SSSR count). The van der Waals surface area contributed by atoms with E-state index in [2.05, 4.69) is 10.3 Å². The van der Waals surface area contributed by atoms with E-state index in [-0.39, 0.29) is 11.6 Å². The SMILES string of the molecule is O=C(c1cn(-c2ccccc2Cl)nn1)N1CC(O)C1. The summed E-state index contributed by atoms with van der Waals surface area (Å²) in [7, 11) is 0. The predicted octanol–water partition coefficient (Wildman–Crippen LogP) is 0.737. The molecule has 1 aromatic heterocycles. The Bertz CT molecular complexity index is 622. The second-order valence-electron chi connectivity index (χ2n) is 4.36. The van der Waals surface area contributed by atoms with Gasteiger partial charge in [0.15, 0.2) is 5.69 Å². The van der Waals surface area contributed by atoms with Gasteiger partial charge >= 0.3 is 0 Å². The Labute approximate surface area is 114 Å². The van der Waals surface area contributed by atoms with Crippen molar-refractivity contribution in [2.45, 2.75) is 6.10 Å². The van der Waals surface area contributed by atoms with Gasteiger partial charge in [-0.2, -0.15) is 0 Å². The molecule has 0 saturated carbocycles. The number of aromatic nitrogens is 3. The number of hydrogen-bond donors (Lipinski definition) is 1. The Kier molecular flexibility index (Phi) is 2.96. The number of halogens is 1. The number of aliphatic hydroxyl groups is 1. The fourth-order valence-electron chi connectivity index (χ4n) is 1.90. The second-order valence-corrected chi connectivity index (χ2v) is 4.77. The highest BCUT2D eigenvalue weighted by Crippen LogP contribution is 2.19. The number of nitrogens with zero attached hydrogens (tertiary/aromatic N) is 4. The zero-order valence-electron chi connectivity index (χ0n) is 9.90. The van der Waals surface area contributed by atoms with Crippen LogP contribution < -0.4 is 0 Å². The Balaban J connectivity index is 1.84. The van der Waals surface area contributed by atoms with Crippen LogP contribution in [0.1, 0.15) is 10.5 Å². The predicted molar refractivity (Wildman–Crippen MR) is 68.3 cm³/mol. The number of likely N-dealkylation sites (tertiary alicyclic amines) is 1. The van der Waals surface area contributed by atoms with Gasteiger partial charge < -0.3 is 10.0 Å². The van der Waals surface area contributed by atoms with Crippen molar-refractivity contribution in [1.29, 1.82) is 0 Å². The van der Waals surface area contributed by atoms with Crippen LogP contribution in [0.5, 0.6) is 0 Å². The van der Waals surface area contributed by atoms with Crippen LogP contribution in [0.4, 0.5) is 0 Å². The van der Waals surface area contributed by atoms with Gasteiger partial charge in [-0.05, 0) is 12.1 Å². The molecule has 0 radical (unpaired) electrons. The molecule has 1 aliphatic rings. The van der Waals surface area contributed by atoms with Gasteiger partial charge in [0.05, 0.1) is 23.0 Å². The molecule has 1 N–H and O–H groups in total. The van der Waals surface area contributed by atoms with Crippen LogP contribution in [0.25, 0.3) is 5.69 Å². The number of hydrogen-bond acceptors (Lipinski definition) is 4. The summed E-state index contributed by atoms with van der Waals surface area (Å²) in [5.74, 6) is -0.233. The summed E-state index contributed by atoms with van der Waals surface area (Å²) in [5, 5.41) is 17.5. The number of aliphatic hydroxyl groups excluding tert-OH is 1. The number of rotatable bonds is 2. The molecule has 6 nitrogen and oxygen atoms in total. The Morgan fingerprint density at radius 1 is 1.37 bits per heavy atom. The van der Waals surface area contributed by atoms with Crippen LogP contribution in [0.3, 0.4) is 0 Å². The molecule has 7 heteroatoms. The molecule has 1 fully saturated rings. The third-order valence-corrected chi connectivity index (χ3v) is 3.28. The normalized spacial score (nSPS) is 15.4. The maximum atomic E-state index is 12.0. The molecule has 2 aromatic rings. The molecule has 0 atom stereocenters. The van der Waals surface area contributed by atoms with E-state index < -0.39 is 6.10 Å². The van der Waals surface area contributed by atoms with E-state index in [9.17, 15) is 9.90 Å². The van der Waals surface area contributed by atoms with Crippen LogP contribution in [0, 0.1) is 0 Å². The first-order valence-electron chi connectivity index (χ1n) is 5.80. The highest BCUT2D eigenvalue weighted by atomic mass is 35.5. The lowest BCUT2D eigenvalue weighted by atomic mass is 10.1. The fraction of sp³-hybridized carbons (Fsp3) is 0.250. The molecule has 1 saturated heterocycles. The molecule has 1 amide bonds. The van der Waals surface area contributed by atoms with Crippen molar-refractivity contribution in [3.05, 3.63) is 41.2 Å². The summed E-state index contributed by atoms with van der Waals surface area (Å²) in [6.45, 7) is 0.690. The van der Waals surface area contributed by atoms with Gasteiger partial charge in [-0.3, -0.25) is 4.79 Å². The zero-order chi connectivity index (χ0) is 13.4. The van der Waals surface area contributed by atoms with Crippen molar-refractivity contribution >= 4 is 17.5 Å². The number of benzene rings is 1. The highest BCUT2D eigenvalue weighted by molar-refractivity contribution is 6.32. The van der Waals surface area contributed by atoms with Crippen molar-refractivity contribution in [1.82, 2.24) is 19.9 Å². The van der Waals surface area contributed by atoms with E-state index in [1.165, 1.54) is 15.8 Å². The van der Waals surface area contributed by atoms with Crippen LogP contribution in [0.15, 0.2) is 30.5 Å². The minimum Gasteiger partial charge on any atom is -0.389 e. The third kappa shape index (κ3) is 2.20.